The standard InChI is InChI=1S/C16H17N5O2S/c22-13-9-12(17-15(23)10-5-2-1-3-6-10)21-16(18-13)19-14(20-21)11-7-4-8-24-11/h4,7-10H,1-3,5-6H2,(H,17,23)(H,18,19,20,22). The van der Waals surface area contributed by atoms with Gasteiger partial charge in [0.25, 0.3) is 5.56 Å². The number of carbonyl (C=O) groups excluding carboxylic acids is 1. The normalized spacial score (nSPS) is 15.7. The molecular formula is C16H17N5O2S. The van der Waals surface area contributed by atoms with Crippen LogP contribution in [0.5, 0.6) is 0 Å². The van der Waals surface area contributed by atoms with Gasteiger partial charge in [0.15, 0.2) is 5.82 Å². The second kappa shape index (κ2) is 6.20. The minimum atomic E-state index is -0.313. The SMILES string of the molecule is O=C(Nc1cc(=O)[nH]c2nc(-c3cccs3)nn12)C1CCCCC1. The highest BCUT2D eigenvalue weighted by Gasteiger charge is 2.22. The Bertz CT molecular complexity index is 922. The number of anilines is 1. The Morgan fingerprint density at radius 2 is 2.17 bits per heavy atom. The number of amides is 1. The van der Waals surface area contributed by atoms with Crippen LogP contribution >= 0.6 is 11.3 Å². The zero-order valence-corrected chi connectivity index (χ0v) is 13.8. The smallest absolute Gasteiger partial charge is 0.254 e. The minimum absolute atomic E-state index is 0.00776. The first-order valence-corrected chi connectivity index (χ1v) is 8.93. The van der Waals surface area contributed by atoms with Crippen LogP contribution in [0.2, 0.25) is 0 Å². The van der Waals surface area contributed by atoms with E-state index in [2.05, 4.69) is 20.4 Å². The van der Waals surface area contributed by atoms with E-state index in [-0.39, 0.29) is 17.4 Å². The molecule has 0 spiro atoms. The van der Waals surface area contributed by atoms with Gasteiger partial charge in [-0.05, 0) is 24.3 Å². The first kappa shape index (κ1) is 15.1. The van der Waals surface area contributed by atoms with E-state index < -0.39 is 0 Å². The number of carbonyl (C=O) groups is 1. The van der Waals surface area contributed by atoms with Gasteiger partial charge in [-0.2, -0.15) is 9.50 Å². The van der Waals surface area contributed by atoms with Crippen molar-refractivity contribution in [3.8, 4) is 10.7 Å². The number of aromatic amines is 1. The molecule has 3 aromatic rings. The van der Waals surface area contributed by atoms with E-state index in [0.717, 1.165) is 30.6 Å². The quantitative estimate of drug-likeness (QED) is 0.765. The van der Waals surface area contributed by atoms with Crippen LogP contribution in [0.4, 0.5) is 5.82 Å². The van der Waals surface area contributed by atoms with Crippen molar-refractivity contribution in [1.82, 2.24) is 19.6 Å². The van der Waals surface area contributed by atoms with Crippen LogP contribution in [0, 0.1) is 5.92 Å². The van der Waals surface area contributed by atoms with Crippen LogP contribution in [0.25, 0.3) is 16.5 Å². The van der Waals surface area contributed by atoms with Crippen molar-refractivity contribution >= 4 is 28.8 Å². The molecular weight excluding hydrogens is 326 g/mol. The largest absolute Gasteiger partial charge is 0.310 e. The van der Waals surface area contributed by atoms with Gasteiger partial charge in [0.05, 0.1) is 4.88 Å². The van der Waals surface area contributed by atoms with E-state index in [0.29, 0.717) is 17.4 Å². The Morgan fingerprint density at radius 1 is 1.33 bits per heavy atom. The number of rotatable bonds is 3. The molecule has 4 rings (SSSR count). The third-order valence-electron chi connectivity index (χ3n) is 4.31. The maximum atomic E-state index is 12.5. The summed E-state index contributed by atoms with van der Waals surface area (Å²) in [5.74, 6) is 1.17. The summed E-state index contributed by atoms with van der Waals surface area (Å²) >= 11 is 1.52. The average molecular weight is 343 g/mol. The molecule has 1 saturated carbocycles. The molecule has 7 nitrogen and oxygen atoms in total. The molecule has 0 unspecified atom stereocenters. The molecule has 1 aliphatic carbocycles. The van der Waals surface area contributed by atoms with E-state index in [1.165, 1.54) is 28.3 Å². The van der Waals surface area contributed by atoms with Gasteiger partial charge < -0.3 is 5.32 Å². The summed E-state index contributed by atoms with van der Waals surface area (Å²) in [5.41, 5.74) is -0.313. The van der Waals surface area contributed by atoms with E-state index >= 15 is 0 Å². The van der Waals surface area contributed by atoms with Gasteiger partial charge in [-0.3, -0.25) is 14.6 Å². The van der Waals surface area contributed by atoms with Crippen LogP contribution in [0.1, 0.15) is 32.1 Å². The predicted octanol–water partition coefficient (Wildman–Crippen LogP) is 2.66. The highest BCUT2D eigenvalue weighted by atomic mass is 32.1. The van der Waals surface area contributed by atoms with Crippen LogP contribution in [0.15, 0.2) is 28.4 Å². The summed E-state index contributed by atoms with van der Waals surface area (Å²) in [6.45, 7) is 0. The topological polar surface area (TPSA) is 92.1 Å². The third kappa shape index (κ3) is 2.84. The molecule has 3 aromatic heterocycles. The summed E-state index contributed by atoms with van der Waals surface area (Å²) < 4.78 is 1.48. The number of nitrogens with one attached hydrogen (secondary N) is 2. The number of hydrogen-bond donors (Lipinski definition) is 2. The lowest BCUT2D eigenvalue weighted by Crippen LogP contribution is -2.27. The maximum Gasteiger partial charge on any atom is 0.254 e. The zero-order chi connectivity index (χ0) is 16.5. The van der Waals surface area contributed by atoms with Crippen molar-refractivity contribution in [2.45, 2.75) is 32.1 Å². The fourth-order valence-corrected chi connectivity index (χ4v) is 3.74. The molecule has 0 bridgehead atoms. The lowest BCUT2D eigenvalue weighted by Gasteiger charge is -2.20. The van der Waals surface area contributed by atoms with E-state index in [4.69, 9.17) is 0 Å². The molecule has 1 amide bonds. The van der Waals surface area contributed by atoms with Crippen molar-refractivity contribution in [1.29, 1.82) is 0 Å². The molecule has 1 fully saturated rings. The average Bonchev–Trinajstić information content (AvgIpc) is 3.24. The van der Waals surface area contributed by atoms with Gasteiger partial charge in [-0.1, -0.05) is 25.3 Å². The van der Waals surface area contributed by atoms with Gasteiger partial charge in [0.1, 0.15) is 5.82 Å². The summed E-state index contributed by atoms with van der Waals surface area (Å²) in [6.07, 6.45) is 5.14. The first-order valence-electron chi connectivity index (χ1n) is 8.05. The molecule has 3 heterocycles. The molecule has 0 atom stereocenters. The Kier molecular flexibility index (Phi) is 3.89. The minimum Gasteiger partial charge on any atom is -0.310 e. The lowest BCUT2D eigenvalue weighted by atomic mass is 9.89. The highest BCUT2D eigenvalue weighted by Crippen LogP contribution is 2.25. The van der Waals surface area contributed by atoms with E-state index in [9.17, 15) is 9.59 Å². The zero-order valence-electron chi connectivity index (χ0n) is 13.0. The predicted molar refractivity (Wildman–Crippen MR) is 92.1 cm³/mol. The van der Waals surface area contributed by atoms with Gasteiger partial charge in [-0.15, -0.1) is 16.4 Å². The van der Waals surface area contributed by atoms with Crippen molar-refractivity contribution in [3.63, 3.8) is 0 Å². The molecule has 24 heavy (non-hydrogen) atoms. The van der Waals surface area contributed by atoms with Gasteiger partial charge in [-0.25, -0.2) is 0 Å². The fourth-order valence-electron chi connectivity index (χ4n) is 3.08. The van der Waals surface area contributed by atoms with Crippen molar-refractivity contribution < 1.29 is 4.79 Å². The second-order valence-corrected chi connectivity index (χ2v) is 6.94. The Labute approximate surface area is 141 Å². The Balaban J connectivity index is 1.69. The first-order chi connectivity index (χ1) is 11.7. The van der Waals surface area contributed by atoms with Crippen molar-refractivity contribution in [3.05, 3.63) is 33.9 Å². The third-order valence-corrected chi connectivity index (χ3v) is 5.17. The maximum absolute atomic E-state index is 12.5. The molecule has 8 heteroatoms. The van der Waals surface area contributed by atoms with Gasteiger partial charge in [0.2, 0.25) is 11.7 Å². The number of thiophene rings is 1. The molecule has 124 valence electrons. The Hall–Kier alpha value is -2.48. The summed E-state index contributed by atoms with van der Waals surface area (Å²) in [5, 5.41) is 9.22. The monoisotopic (exact) mass is 343 g/mol. The number of H-pyrrole nitrogens is 1. The van der Waals surface area contributed by atoms with E-state index in [1.54, 1.807) is 0 Å². The highest BCUT2D eigenvalue weighted by molar-refractivity contribution is 7.13. The van der Waals surface area contributed by atoms with Crippen LogP contribution in [0.3, 0.4) is 0 Å². The van der Waals surface area contributed by atoms with Crippen LogP contribution in [-0.4, -0.2) is 25.5 Å². The van der Waals surface area contributed by atoms with Crippen LogP contribution < -0.4 is 10.9 Å². The van der Waals surface area contributed by atoms with Crippen molar-refractivity contribution in [2.24, 2.45) is 5.92 Å². The number of nitrogens with zero attached hydrogens (tertiary/aromatic N) is 3. The number of fused-ring (bicyclic) bond motifs is 1. The fraction of sp³-hybridized carbons (Fsp3) is 0.375. The number of aromatic nitrogens is 4. The van der Waals surface area contributed by atoms with Crippen LogP contribution in [-0.2, 0) is 4.79 Å². The van der Waals surface area contributed by atoms with Gasteiger partial charge in [0, 0.05) is 12.0 Å². The van der Waals surface area contributed by atoms with Crippen molar-refractivity contribution in [2.75, 3.05) is 5.32 Å². The number of hydrogen-bond acceptors (Lipinski definition) is 5. The Morgan fingerprint density at radius 3 is 2.92 bits per heavy atom. The second-order valence-electron chi connectivity index (χ2n) is 5.99. The molecule has 0 saturated heterocycles. The molecule has 0 aliphatic heterocycles. The summed E-state index contributed by atoms with van der Waals surface area (Å²) in [4.78, 5) is 32.3. The molecule has 0 radical (unpaired) electrons. The molecule has 1 aliphatic rings. The summed E-state index contributed by atoms with van der Waals surface area (Å²) in [6, 6.07) is 5.18. The summed E-state index contributed by atoms with van der Waals surface area (Å²) in [7, 11) is 0. The molecule has 0 aromatic carbocycles. The lowest BCUT2D eigenvalue weighted by molar-refractivity contribution is -0.120. The van der Waals surface area contributed by atoms with Gasteiger partial charge >= 0.3 is 0 Å². The van der Waals surface area contributed by atoms with E-state index in [1.807, 2.05) is 17.5 Å². The molecule has 2 N–H and O–H groups in total.